The number of aromatic nitrogens is 1. The molecule has 3 aromatic rings. The molecule has 1 fully saturated rings. The second kappa shape index (κ2) is 15.6. The smallest absolute Gasteiger partial charge is 0.248 e. The lowest BCUT2D eigenvalue weighted by molar-refractivity contribution is -0.127. The molecule has 1 aliphatic rings. The van der Waals surface area contributed by atoms with Crippen LogP contribution in [0.3, 0.4) is 0 Å². The van der Waals surface area contributed by atoms with Gasteiger partial charge in [0.25, 0.3) is 0 Å². The van der Waals surface area contributed by atoms with Gasteiger partial charge in [0.15, 0.2) is 0 Å². The normalized spacial score (nSPS) is 14.0. The van der Waals surface area contributed by atoms with E-state index in [1.54, 1.807) is 55.8 Å². The molecule has 222 valence electrons. The quantitative estimate of drug-likeness (QED) is 0.267. The van der Waals surface area contributed by atoms with E-state index in [0.717, 1.165) is 32.1 Å². The number of pyridine rings is 1. The van der Waals surface area contributed by atoms with Gasteiger partial charge in [0.1, 0.15) is 23.4 Å². The van der Waals surface area contributed by atoms with E-state index in [2.05, 4.69) is 15.6 Å². The number of methoxy groups -OCH3 is 1. The van der Waals surface area contributed by atoms with Crippen molar-refractivity contribution in [2.24, 2.45) is 0 Å². The van der Waals surface area contributed by atoms with E-state index >= 15 is 0 Å². The molecule has 2 N–H and O–H groups in total. The molecule has 0 radical (unpaired) electrons. The summed E-state index contributed by atoms with van der Waals surface area (Å²) in [6, 6.07) is 18.8. The van der Waals surface area contributed by atoms with E-state index in [-0.39, 0.29) is 36.6 Å². The highest BCUT2D eigenvalue weighted by atomic mass is 16.5. The molecular weight excluding hydrogens is 532 g/mol. The lowest BCUT2D eigenvalue weighted by Gasteiger charge is -2.33. The summed E-state index contributed by atoms with van der Waals surface area (Å²) < 4.78 is 11.1. The monoisotopic (exact) mass is 572 g/mol. The third-order valence-electron chi connectivity index (χ3n) is 7.29. The van der Waals surface area contributed by atoms with Crippen molar-refractivity contribution in [2.45, 2.75) is 70.4 Å². The number of nitrogens with one attached hydrogen (secondary N) is 2. The second-order valence-corrected chi connectivity index (χ2v) is 10.3. The number of nitrogens with zero attached hydrogens (tertiary/aromatic N) is 2. The van der Waals surface area contributed by atoms with Gasteiger partial charge in [-0.2, -0.15) is 0 Å². The van der Waals surface area contributed by atoms with Crippen molar-refractivity contribution in [3.05, 3.63) is 78.5 Å². The van der Waals surface area contributed by atoms with E-state index in [1.807, 2.05) is 31.2 Å². The van der Waals surface area contributed by atoms with Crippen molar-refractivity contribution in [1.82, 2.24) is 10.3 Å². The second-order valence-electron chi connectivity index (χ2n) is 10.3. The van der Waals surface area contributed by atoms with Crippen LogP contribution in [-0.2, 0) is 14.4 Å². The van der Waals surface area contributed by atoms with E-state index in [4.69, 9.17) is 9.47 Å². The fraction of sp³-hybridized carbons (Fsp3) is 0.394. The summed E-state index contributed by atoms with van der Waals surface area (Å²) in [6.07, 6.45) is 7.24. The Kier molecular flexibility index (Phi) is 11.3. The van der Waals surface area contributed by atoms with Crippen molar-refractivity contribution in [3.63, 3.8) is 0 Å². The molecule has 3 amide bonds. The maximum absolute atomic E-state index is 14.0. The van der Waals surface area contributed by atoms with Gasteiger partial charge in [0, 0.05) is 36.8 Å². The number of ether oxygens (including phenoxy) is 2. The fourth-order valence-electron chi connectivity index (χ4n) is 5.22. The number of amides is 3. The zero-order valence-electron chi connectivity index (χ0n) is 24.4. The van der Waals surface area contributed by atoms with Crippen LogP contribution in [0.25, 0.3) is 0 Å². The molecule has 4 rings (SSSR count). The van der Waals surface area contributed by atoms with Gasteiger partial charge >= 0.3 is 0 Å². The van der Waals surface area contributed by atoms with E-state index in [1.165, 1.54) is 4.90 Å². The van der Waals surface area contributed by atoms with Crippen LogP contribution >= 0.6 is 0 Å². The van der Waals surface area contributed by atoms with E-state index in [0.29, 0.717) is 41.6 Å². The van der Waals surface area contributed by atoms with Gasteiger partial charge < -0.3 is 20.1 Å². The van der Waals surface area contributed by atoms with Gasteiger partial charge in [0.05, 0.1) is 13.7 Å². The fourth-order valence-corrected chi connectivity index (χ4v) is 5.22. The molecule has 0 bridgehead atoms. The van der Waals surface area contributed by atoms with Crippen molar-refractivity contribution >= 4 is 29.2 Å². The average molecular weight is 573 g/mol. The van der Waals surface area contributed by atoms with E-state index in [9.17, 15) is 14.4 Å². The van der Waals surface area contributed by atoms with E-state index < -0.39 is 6.04 Å². The number of rotatable bonds is 13. The van der Waals surface area contributed by atoms with Crippen molar-refractivity contribution < 1.29 is 23.9 Å². The predicted molar refractivity (Wildman–Crippen MR) is 163 cm³/mol. The molecule has 9 nitrogen and oxygen atoms in total. The summed E-state index contributed by atoms with van der Waals surface area (Å²) in [5.74, 6) is 0.972. The highest BCUT2D eigenvalue weighted by Crippen LogP contribution is 2.33. The molecular formula is C33H40N4O5. The van der Waals surface area contributed by atoms with Crippen LogP contribution in [0.5, 0.6) is 11.5 Å². The number of hydrogen-bond donors (Lipinski definition) is 2. The number of carbonyl (C=O) groups is 3. The first-order chi connectivity index (χ1) is 20.5. The number of hydrogen-bond acceptors (Lipinski definition) is 6. The predicted octanol–water partition coefficient (Wildman–Crippen LogP) is 5.82. The molecule has 0 saturated heterocycles. The summed E-state index contributed by atoms with van der Waals surface area (Å²) in [7, 11) is 1.56. The summed E-state index contributed by atoms with van der Waals surface area (Å²) in [6.45, 7) is 2.43. The Hall–Kier alpha value is -4.40. The SMILES string of the molecule is CCOc1ccc([C@H](C(=O)NC2CCCCC2)N(C(=O)CCCC(=O)Nc2ccccn2)c2cccc(OC)c2)cc1. The minimum Gasteiger partial charge on any atom is -0.497 e. The van der Waals surface area contributed by atoms with Crippen LogP contribution in [-0.4, -0.2) is 42.5 Å². The van der Waals surface area contributed by atoms with Crippen molar-refractivity contribution in [1.29, 1.82) is 0 Å². The third kappa shape index (κ3) is 8.55. The Morgan fingerprint density at radius 3 is 2.43 bits per heavy atom. The third-order valence-corrected chi connectivity index (χ3v) is 7.29. The van der Waals surface area contributed by atoms with Gasteiger partial charge in [-0.15, -0.1) is 0 Å². The van der Waals surface area contributed by atoms with Crippen molar-refractivity contribution in [3.8, 4) is 11.5 Å². The maximum atomic E-state index is 14.0. The van der Waals surface area contributed by atoms with Crippen LogP contribution in [0.2, 0.25) is 0 Å². The topological polar surface area (TPSA) is 110 Å². The lowest BCUT2D eigenvalue weighted by atomic mass is 9.94. The Balaban J connectivity index is 1.61. The molecule has 1 aromatic heterocycles. The molecule has 0 aliphatic heterocycles. The highest BCUT2D eigenvalue weighted by molar-refractivity contribution is 6.01. The first kappa shape index (κ1) is 30.6. The summed E-state index contributed by atoms with van der Waals surface area (Å²) in [5, 5.41) is 5.98. The van der Waals surface area contributed by atoms with Crippen LogP contribution in [0.15, 0.2) is 72.9 Å². The van der Waals surface area contributed by atoms with Gasteiger partial charge in [-0.25, -0.2) is 4.98 Å². The molecule has 1 heterocycles. The number of benzene rings is 2. The molecule has 0 unspecified atom stereocenters. The van der Waals surface area contributed by atoms with Crippen LogP contribution in [0, 0.1) is 0 Å². The zero-order chi connectivity index (χ0) is 29.7. The van der Waals surface area contributed by atoms with Crippen LogP contribution in [0.1, 0.15) is 69.9 Å². The molecule has 0 spiro atoms. The molecule has 1 saturated carbocycles. The minimum absolute atomic E-state index is 0.0639. The number of anilines is 2. The molecule has 2 aromatic carbocycles. The lowest BCUT2D eigenvalue weighted by Crippen LogP contribution is -2.47. The van der Waals surface area contributed by atoms with Gasteiger partial charge in [0.2, 0.25) is 17.7 Å². The molecule has 1 atom stereocenters. The van der Waals surface area contributed by atoms with Gasteiger partial charge in [-0.05, 0) is 68.1 Å². The molecule has 42 heavy (non-hydrogen) atoms. The van der Waals surface area contributed by atoms with Gasteiger partial charge in [-0.1, -0.05) is 43.5 Å². The Bertz CT molecular complexity index is 1310. The standard InChI is InChI=1S/C33H40N4O5/c1-3-42-27-20-18-24(19-21-27)32(33(40)35-25-11-5-4-6-12-25)37(26-13-9-14-28(23-26)41-2)31(39)17-10-16-30(38)36-29-15-7-8-22-34-29/h7-9,13-15,18-23,25,32H,3-6,10-12,16-17H2,1-2H3,(H,35,40)(H,34,36,38)/t32-/m1/s1. The maximum Gasteiger partial charge on any atom is 0.248 e. The Morgan fingerprint density at radius 1 is 0.952 bits per heavy atom. The largest absolute Gasteiger partial charge is 0.497 e. The van der Waals surface area contributed by atoms with Crippen LogP contribution < -0.4 is 25.0 Å². The summed E-state index contributed by atoms with van der Waals surface area (Å²) in [5.41, 5.74) is 1.20. The molecule has 1 aliphatic carbocycles. The zero-order valence-corrected chi connectivity index (χ0v) is 24.4. The summed E-state index contributed by atoms with van der Waals surface area (Å²) >= 11 is 0. The first-order valence-electron chi connectivity index (χ1n) is 14.7. The molecule has 9 heteroatoms. The average Bonchev–Trinajstić information content (AvgIpc) is 3.01. The first-order valence-corrected chi connectivity index (χ1v) is 14.7. The Labute approximate surface area is 247 Å². The Morgan fingerprint density at radius 2 is 1.74 bits per heavy atom. The minimum atomic E-state index is -0.926. The van der Waals surface area contributed by atoms with Crippen molar-refractivity contribution in [2.75, 3.05) is 23.9 Å². The summed E-state index contributed by atoms with van der Waals surface area (Å²) in [4.78, 5) is 46.2. The van der Waals surface area contributed by atoms with Gasteiger partial charge in [-0.3, -0.25) is 19.3 Å². The highest BCUT2D eigenvalue weighted by Gasteiger charge is 2.34. The van der Waals surface area contributed by atoms with Crippen LogP contribution in [0.4, 0.5) is 11.5 Å². The number of carbonyl (C=O) groups excluding carboxylic acids is 3.